The maximum Gasteiger partial charge on any atom is 0.255 e. The molecule has 2 rings (SSSR count). The second-order valence-corrected chi connectivity index (χ2v) is 3.94. The third-order valence-electron chi connectivity index (χ3n) is 2.67. The predicted octanol–water partition coefficient (Wildman–Crippen LogP) is 2.68. The molecule has 0 bridgehead atoms. The number of carbonyl (C=O) groups is 1. The van der Waals surface area contributed by atoms with Crippen molar-refractivity contribution in [3.05, 3.63) is 65.2 Å². The second kappa shape index (κ2) is 5.58. The zero-order chi connectivity index (χ0) is 13.8. The molecule has 98 valence electrons. The van der Waals surface area contributed by atoms with Gasteiger partial charge in [0, 0.05) is 17.8 Å². The van der Waals surface area contributed by atoms with E-state index in [1.165, 1.54) is 6.07 Å². The number of amides is 1. The van der Waals surface area contributed by atoms with Crippen molar-refractivity contribution in [2.45, 2.75) is 6.54 Å². The van der Waals surface area contributed by atoms with Gasteiger partial charge in [-0.25, -0.2) is 8.78 Å². The van der Waals surface area contributed by atoms with E-state index in [9.17, 15) is 13.6 Å². The summed E-state index contributed by atoms with van der Waals surface area (Å²) >= 11 is 0. The van der Waals surface area contributed by atoms with Crippen molar-refractivity contribution in [1.29, 1.82) is 0 Å². The molecule has 1 amide bonds. The highest BCUT2D eigenvalue weighted by Crippen LogP contribution is 2.16. The molecule has 0 aliphatic rings. The first-order chi connectivity index (χ1) is 9.11. The van der Waals surface area contributed by atoms with E-state index in [1.54, 1.807) is 24.3 Å². The number of halogens is 2. The third kappa shape index (κ3) is 2.95. The predicted molar refractivity (Wildman–Crippen MR) is 68.6 cm³/mol. The Morgan fingerprint density at radius 2 is 1.84 bits per heavy atom. The Kier molecular flexibility index (Phi) is 3.87. The van der Waals surface area contributed by atoms with Crippen molar-refractivity contribution < 1.29 is 13.6 Å². The van der Waals surface area contributed by atoms with Crippen LogP contribution in [0.1, 0.15) is 15.9 Å². The van der Waals surface area contributed by atoms with Crippen LogP contribution in [0.5, 0.6) is 0 Å². The number of anilines is 1. The maximum atomic E-state index is 13.0. The minimum Gasteiger partial charge on any atom is -0.326 e. The van der Waals surface area contributed by atoms with E-state index >= 15 is 0 Å². The molecular formula is C14H12F2N2O. The van der Waals surface area contributed by atoms with Gasteiger partial charge >= 0.3 is 0 Å². The minimum atomic E-state index is -1.06. The number of rotatable bonds is 3. The van der Waals surface area contributed by atoms with Gasteiger partial charge in [0.05, 0.1) is 0 Å². The lowest BCUT2D eigenvalue weighted by molar-refractivity contribution is 0.102. The number of nitrogens with one attached hydrogen (secondary N) is 1. The lowest BCUT2D eigenvalue weighted by atomic mass is 10.1. The summed E-state index contributed by atoms with van der Waals surface area (Å²) < 4.78 is 25.8. The van der Waals surface area contributed by atoms with Crippen molar-refractivity contribution in [1.82, 2.24) is 0 Å². The van der Waals surface area contributed by atoms with Crippen molar-refractivity contribution >= 4 is 11.6 Å². The monoisotopic (exact) mass is 262 g/mol. The Morgan fingerprint density at radius 1 is 1.11 bits per heavy atom. The SMILES string of the molecule is NCc1ccccc1NC(=O)c1ccc(F)c(F)c1. The zero-order valence-corrected chi connectivity index (χ0v) is 9.99. The van der Waals surface area contributed by atoms with Crippen LogP contribution >= 0.6 is 0 Å². The molecule has 0 heterocycles. The molecule has 3 nitrogen and oxygen atoms in total. The summed E-state index contributed by atoms with van der Waals surface area (Å²) in [4.78, 5) is 11.9. The van der Waals surface area contributed by atoms with E-state index in [4.69, 9.17) is 5.73 Å². The summed E-state index contributed by atoms with van der Waals surface area (Å²) in [5.74, 6) is -2.56. The normalized spacial score (nSPS) is 10.3. The van der Waals surface area contributed by atoms with Crippen LogP contribution in [0.15, 0.2) is 42.5 Å². The van der Waals surface area contributed by atoms with Crippen molar-refractivity contribution in [3.8, 4) is 0 Å². The van der Waals surface area contributed by atoms with E-state index in [2.05, 4.69) is 5.32 Å². The Morgan fingerprint density at radius 3 is 2.53 bits per heavy atom. The summed E-state index contributed by atoms with van der Waals surface area (Å²) in [5.41, 5.74) is 6.91. The van der Waals surface area contributed by atoms with Gasteiger partial charge in [0.25, 0.3) is 5.91 Å². The Balaban J connectivity index is 2.23. The molecule has 0 atom stereocenters. The van der Waals surface area contributed by atoms with Crippen molar-refractivity contribution in [2.75, 3.05) is 5.32 Å². The zero-order valence-electron chi connectivity index (χ0n) is 9.99. The van der Waals surface area contributed by atoms with Gasteiger partial charge in [0.2, 0.25) is 0 Å². The molecule has 0 aromatic heterocycles. The van der Waals surface area contributed by atoms with Gasteiger partial charge < -0.3 is 11.1 Å². The molecule has 0 saturated carbocycles. The van der Waals surface area contributed by atoms with Gasteiger partial charge in [0.15, 0.2) is 11.6 Å². The van der Waals surface area contributed by atoms with E-state index in [0.29, 0.717) is 5.69 Å². The van der Waals surface area contributed by atoms with Crippen LogP contribution in [-0.2, 0) is 6.54 Å². The van der Waals surface area contributed by atoms with Gasteiger partial charge in [-0.15, -0.1) is 0 Å². The topological polar surface area (TPSA) is 55.1 Å². The molecular weight excluding hydrogens is 250 g/mol. The summed E-state index contributed by atoms with van der Waals surface area (Å²) in [7, 11) is 0. The first-order valence-electron chi connectivity index (χ1n) is 5.66. The van der Waals surface area contributed by atoms with Crippen LogP contribution in [0.3, 0.4) is 0 Å². The van der Waals surface area contributed by atoms with Crippen LogP contribution < -0.4 is 11.1 Å². The molecule has 3 N–H and O–H groups in total. The van der Waals surface area contributed by atoms with Gasteiger partial charge in [-0.3, -0.25) is 4.79 Å². The van der Waals surface area contributed by atoms with Crippen molar-refractivity contribution in [2.24, 2.45) is 5.73 Å². The van der Waals surface area contributed by atoms with Crippen LogP contribution in [0, 0.1) is 11.6 Å². The highest BCUT2D eigenvalue weighted by atomic mass is 19.2. The Bertz CT molecular complexity index is 614. The molecule has 2 aromatic carbocycles. The molecule has 0 fully saturated rings. The van der Waals surface area contributed by atoms with E-state index in [1.807, 2.05) is 0 Å². The van der Waals surface area contributed by atoms with Gasteiger partial charge in [-0.1, -0.05) is 18.2 Å². The first kappa shape index (κ1) is 13.2. The Labute approximate surface area is 109 Å². The standard InChI is InChI=1S/C14H12F2N2O/c15-11-6-5-9(7-12(11)16)14(19)18-13-4-2-1-3-10(13)8-17/h1-7H,8,17H2,(H,18,19). The van der Waals surface area contributed by atoms with Crippen molar-refractivity contribution in [3.63, 3.8) is 0 Å². The number of hydrogen-bond donors (Lipinski definition) is 2. The molecule has 2 aromatic rings. The first-order valence-corrected chi connectivity index (χ1v) is 5.66. The summed E-state index contributed by atoms with van der Waals surface area (Å²) in [6.07, 6.45) is 0. The van der Waals surface area contributed by atoms with Crippen LogP contribution in [0.25, 0.3) is 0 Å². The van der Waals surface area contributed by atoms with Crippen LogP contribution in [0.4, 0.5) is 14.5 Å². The number of benzene rings is 2. The number of carbonyl (C=O) groups excluding carboxylic acids is 1. The third-order valence-corrected chi connectivity index (χ3v) is 2.67. The average molecular weight is 262 g/mol. The van der Waals surface area contributed by atoms with Gasteiger partial charge in [-0.05, 0) is 29.8 Å². The Hall–Kier alpha value is -2.27. The molecule has 0 saturated heterocycles. The smallest absolute Gasteiger partial charge is 0.255 e. The van der Waals surface area contributed by atoms with E-state index < -0.39 is 17.5 Å². The number of hydrogen-bond acceptors (Lipinski definition) is 2. The van der Waals surface area contributed by atoms with Gasteiger partial charge in [0.1, 0.15) is 0 Å². The fourth-order valence-corrected chi connectivity index (χ4v) is 1.65. The van der Waals surface area contributed by atoms with E-state index in [-0.39, 0.29) is 12.1 Å². The van der Waals surface area contributed by atoms with Crippen LogP contribution in [-0.4, -0.2) is 5.91 Å². The number of para-hydroxylation sites is 1. The quantitative estimate of drug-likeness (QED) is 0.893. The molecule has 0 aliphatic carbocycles. The fraction of sp³-hybridized carbons (Fsp3) is 0.0714. The molecule has 0 aliphatic heterocycles. The van der Waals surface area contributed by atoms with E-state index in [0.717, 1.165) is 17.7 Å². The highest BCUT2D eigenvalue weighted by Gasteiger charge is 2.11. The second-order valence-electron chi connectivity index (χ2n) is 3.94. The fourth-order valence-electron chi connectivity index (χ4n) is 1.65. The summed E-state index contributed by atoms with van der Waals surface area (Å²) in [6, 6.07) is 10.0. The lowest BCUT2D eigenvalue weighted by Crippen LogP contribution is -2.14. The average Bonchev–Trinajstić information content (AvgIpc) is 2.42. The lowest BCUT2D eigenvalue weighted by Gasteiger charge is -2.09. The maximum absolute atomic E-state index is 13.0. The number of nitrogens with two attached hydrogens (primary N) is 1. The molecule has 5 heteroatoms. The summed E-state index contributed by atoms with van der Waals surface area (Å²) in [6.45, 7) is 0.272. The van der Waals surface area contributed by atoms with Crippen LogP contribution in [0.2, 0.25) is 0 Å². The largest absolute Gasteiger partial charge is 0.326 e. The minimum absolute atomic E-state index is 0.0470. The highest BCUT2D eigenvalue weighted by molar-refractivity contribution is 6.04. The molecule has 0 radical (unpaired) electrons. The molecule has 19 heavy (non-hydrogen) atoms. The summed E-state index contributed by atoms with van der Waals surface area (Å²) in [5, 5.41) is 2.62. The molecule has 0 spiro atoms. The molecule has 0 unspecified atom stereocenters. The van der Waals surface area contributed by atoms with Gasteiger partial charge in [-0.2, -0.15) is 0 Å².